The second-order valence-electron chi connectivity index (χ2n) is 4.66. The Balaban J connectivity index is 2.07. The lowest BCUT2D eigenvalue weighted by Crippen LogP contribution is -2.53. The molecule has 0 unspecified atom stereocenters. The van der Waals surface area contributed by atoms with Crippen molar-refractivity contribution in [2.45, 2.75) is 19.9 Å². The van der Waals surface area contributed by atoms with Gasteiger partial charge in [-0.15, -0.1) is 0 Å². The van der Waals surface area contributed by atoms with E-state index in [9.17, 15) is 9.59 Å². The number of halogens is 2. The van der Waals surface area contributed by atoms with Crippen molar-refractivity contribution in [2.75, 3.05) is 19.6 Å². The maximum atomic E-state index is 12.1. The van der Waals surface area contributed by atoms with Crippen molar-refractivity contribution in [1.29, 1.82) is 0 Å². The molecule has 1 aliphatic rings. The average Bonchev–Trinajstić information content (AvgIpc) is 2.38. The van der Waals surface area contributed by atoms with Crippen molar-refractivity contribution in [3.63, 3.8) is 0 Å². The summed E-state index contributed by atoms with van der Waals surface area (Å²) in [5, 5.41) is 0.746. The highest BCUT2D eigenvalue weighted by Gasteiger charge is 2.29. The van der Waals surface area contributed by atoms with Crippen LogP contribution in [-0.2, 0) is 16.1 Å². The molecule has 5 nitrogen and oxygen atoms in total. The summed E-state index contributed by atoms with van der Waals surface area (Å²) in [5.41, 5.74) is 0.682. The van der Waals surface area contributed by atoms with Crippen LogP contribution in [0, 0.1) is 0 Å². The fourth-order valence-corrected chi connectivity index (χ4v) is 2.50. The fourth-order valence-electron chi connectivity index (χ4n) is 2.08. The van der Waals surface area contributed by atoms with Crippen LogP contribution < -0.4 is 0 Å². The first-order chi connectivity index (χ1) is 9.51. The molecule has 20 heavy (non-hydrogen) atoms. The van der Waals surface area contributed by atoms with E-state index in [1.54, 1.807) is 4.90 Å². The molecule has 0 saturated carbocycles. The lowest BCUT2D eigenvalue weighted by Gasteiger charge is -2.33. The van der Waals surface area contributed by atoms with Crippen LogP contribution in [-0.4, -0.2) is 46.2 Å². The van der Waals surface area contributed by atoms with E-state index in [1.807, 2.05) is 6.92 Å². The minimum atomic E-state index is -0.0796. The van der Waals surface area contributed by atoms with E-state index in [0.717, 1.165) is 6.42 Å². The maximum absolute atomic E-state index is 12.1. The normalized spacial score (nSPS) is 15.9. The number of hydrogen-bond donors (Lipinski definition) is 0. The minimum Gasteiger partial charge on any atom is -0.332 e. The number of nitrogens with zero attached hydrogens (tertiary/aromatic N) is 3. The molecule has 1 aromatic rings. The zero-order valence-corrected chi connectivity index (χ0v) is 12.6. The highest BCUT2D eigenvalue weighted by atomic mass is 35.5. The van der Waals surface area contributed by atoms with Gasteiger partial charge in [0.2, 0.25) is 11.8 Å². The topological polar surface area (TPSA) is 53.5 Å². The molecule has 0 aromatic carbocycles. The van der Waals surface area contributed by atoms with E-state index in [2.05, 4.69) is 4.98 Å². The molecular weight excluding hydrogens is 301 g/mol. The Hall–Kier alpha value is -1.33. The Kier molecular flexibility index (Phi) is 4.83. The summed E-state index contributed by atoms with van der Waals surface area (Å²) in [6.45, 7) is 3.07. The van der Waals surface area contributed by atoms with Crippen molar-refractivity contribution in [3.05, 3.63) is 28.0 Å². The van der Waals surface area contributed by atoms with Gasteiger partial charge >= 0.3 is 0 Å². The predicted molar refractivity (Wildman–Crippen MR) is 76.5 cm³/mol. The summed E-state index contributed by atoms with van der Waals surface area (Å²) >= 11 is 11.8. The average molecular weight is 316 g/mol. The van der Waals surface area contributed by atoms with Gasteiger partial charge in [0, 0.05) is 24.8 Å². The zero-order chi connectivity index (χ0) is 14.7. The van der Waals surface area contributed by atoms with Gasteiger partial charge in [-0.2, -0.15) is 0 Å². The molecule has 2 rings (SSSR count). The van der Waals surface area contributed by atoms with E-state index in [-0.39, 0.29) is 31.4 Å². The fraction of sp³-hybridized carbons (Fsp3) is 0.462. The summed E-state index contributed by atoms with van der Waals surface area (Å²) in [5.74, 6) is -0.117. The second kappa shape index (κ2) is 6.41. The molecule has 0 atom stereocenters. The van der Waals surface area contributed by atoms with Gasteiger partial charge in [0.25, 0.3) is 0 Å². The summed E-state index contributed by atoms with van der Waals surface area (Å²) in [6.07, 6.45) is 2.37. The summed E-state index contributed by atoms with van der Waals surface area (Å²) in [7, 11) is 0. The van der Waals surface area contributed by atoms with E-state index < -0.39 is 0 Å². The molecule has 1 aromatic heterocycles. The van der Waals surface area contributed by atoms with Gasteiger partial charge in [0.1, 0.15) is 11.7 Å². The predicted octanol–water partition coefficient (Wildman–Crippen LogP) is 1.97. The number of pyridine rings is 1. The summed E-state index contributed by atoms with van der Waals surface area (Å²) < 4.78 is 0. The van der Waals surface area contributed by atoms with Gasteiger partial charge in [-0.1, -0.05) is 30.1 Å². The molecule has 0 aliphatic carbocycles. The van der Waals surface area contributed by atoms with Gasteiger partial charge in [-0.05, 0) is 12.5 Å². The standard InChI is InChI=1S/C13H15Cl2N3O2/c1-2-3-17-7-13(20)18(8-12(17)19)6-9-5-16-11(15)4-10(9)14/h4-5H,2-3,6-8H2,1H3. The number of carbonyl (C=O) groups excluding carboxylic acids is 2. The highest BCUT2D eigenvalue weighted by molar-refractivity contribution is 6.34. The molecule has 0 N–H and O–H groups in total. The molecule has 0 radical (unpaired) electrons. The number of piperazine rings is 1. The second-order valence-corrected chi connectivity index (χ2v) is 5.46. The summed E-state index contributed by atoms with van der Waals surface area (Å²) in [4.78, 5) is 31.0. The van der Waals surface area contributed by atoms with Crippen LogP contribution >= 0.6 is 23.2 Å². The van der Waals surface area contributed by atoms with Crippen molar-refractivity contribution < 1.29 is 9.59 Å². The van der Waals surface area contributed by atoms with Gasteiger partial charge in [0.05, 0.1) is 11.6 Å². The van der Waals surface area contributed by atoms with Gasteiger partial charge in [-0.25, -0.2) is 4.98 Å². The number of amides is 2. The Labute approximate surface area is 127 Å². The number of carbonyl (C=O) groups is 2. The molecule has 1 aliphatic heterocycles. The Morgan fingerprint density at radius 3 is 2.50 bits per heavy atom. The third-order valence-electron chi connectivity index (χ3n) is 3.11. The molecule has 1 fully saturated rings. The van der Waals surface area contributed by atoms with E-state index >= 15 is 0 Å². The van der Waals surface area contributed by atoms with Crippen molar-refractivity contribution >= 4 is 35.0 Å². The third-order valence-corrected chi connectivity index (χ3v) is 3.67. The minimum absolute atomic E-state index is 0.0375. The number of rotatable bonds is 4. The maximum Gasteiger partial charge on any atom is 0.242 e. The van der Waals surface area contributed by atoms with Crippen LogP contribution in [0.3, 0.4) is 0 Å². The summed E-state index contributed by atoms with van der Waals surface area (Å²) in [6, 6.07) is 1.53. The zero-order valence-electron chi connectivity index (χ0n) is 11.1. The number of aromatic nitrogens is 1. The van der Waals surface area contributed by atoms with Crippen molar-refractivity contribution in [1.82, 2.24) is 14.8 Å². The van der Waals surface area contributed by atoms with Crippen LogP contribution in [0.25, 0.3) is 0 Å². The monoisotopic (exact) mass is 315 g/mol. The van der Waals surface area contributed by atoms with Crippen LogP contribution in [0.5, 0.6) is 0 Å². The van der Waals surface area contributed by atoms with Crippen LogP contribution in [0.15, 0.2) is 12.3 Å². The smallest absolute Gasteiger partial charge is 0.242 e. The van der Waals surface area contributed by atoms with E-state index in [0.29, 0.717) is 22.3 Å². The first kappa shape index (κ1) is 15.1. The molecule has 2 amide bonds. The van der Waals surface area contributed by atoms with Crippen LogP contribution in [0.1, 0.15) is 18.9 Å². The van der Waals surface area contributed by atoms with Crippen LogP contribution in [0.2, 0.25) is 10.2 Å². The van der Waals surface area contributed by atoms with E-state index in [4.69, 9.17) is 23.2 Å². The molecule has 1 saturated heterocycles. The first-order valence-corrected chi connectivity index (χ1v) is 7.12. The largest absolute Gasteiger partial charge is 0.332 e. The molecule has 0 bridgehead atoms. The Bertz CT molecular complexity index is 536. The lowest BCUT2D eigenvalue weighted by atomic mass is 10.2. The van der Waals surface area contributed by atoms with Crippen molar-refractivity contribution in [2.24, 2.45) is 0 Å². The third kappa shape index (κ3) is 3.41. The SMILES string of the molecule is CCCN1CC(=O)N(Cc2cnc(Cl)cc2Cl)CC1=O. The molecule has 7 heteroatoms. The molecule has 0 spiro atoms. The Morgan fingerprint density at radius 2 is 1.85 bits per heavy atom. The molecule has 2 heterocycles. The first-order valence-electron chi connectivity index (χ1n) is 6.36. The van der Waals surface area contributed by atoms with Crippen molar-refractivity contribution in [3.8, 4) is 0 Å². The highest BCUT2D eigenvalue weighted by Crippen LogP contribution is 2.21. The van der Waals surface area contributed by atoms with Gasteiger partial charge in [-0.3, -0.25) is 9.59 Å². The van der Waals surface area contributed by atoms with E-state index in [1.165, 1.54) is 17.2 Å². The number of hydrogen-bond acceptors (Lipinski definition) is 3. The lowest BCUT2D eigenvalue weighted by molar-refractivity contribution is -0.150. The quantitative estimate of drug-likeness (QED) is 0.798. The Morgan fingerprint density at radius 1 is 1.20 bits per heavy atom. The molecule has 108 valence electrons. The molecular formula is C13H15Cl2N3O2. The van der Waals surface area contributed by atoms with Gasteiger partial charge in [0.15, 0.2) is 0 Å². The van der Waals surface area contributed by atoms with Crippen LogP contribution in [0.4, 0.5) is 0 Å². The van der Waals surface area contributed by atoms with Gasteiger partial charge < -0.3 is 9.80 Å².